The van der Waals surface area contributed by atoms with E-state index < -0.39 is 32.4 Å². The van der Waals surface area contributed by atoms with Gasteiger partial charge in [0, 0.05) is 12.2 Å². The lowest BCUT2D eigenvalue weighted by atomic mass is 10.3. The second-order valence-electron chi connectivity index (χ2n) is 3.25. The fourth-order valence-electron chi connectivity index (χ4n) is 1.04. The highest BCUT2D eigenvalue weighted by Gasteiger charge is 2.14. The number of benzene rings is 1. The molecule has 9 heteroatoms. The molecule has 0 aliphatic rings. The molecule has 0 saturated heterocycles. The zero-order valence-electron chi connectivity index (χ0n) is 8.70. The van der Waals surface area contributed by atoms with Crippen LogP contribution in [-0.2, 0) is 20.1 Å². The maximum absolute atomic E-state index is 11.6. The molecule has 1 rings (SSSR count). The zero-order valence-corrected chi connectivity index (χ0v) is 10.3. The summed E-state index contributed by atoms with van der Waals surface area (Å²) in [5, 5.41) is 0. The highest BCUT2D eigenvalue weighted by Crippen LogP contribution is 2.10. The highest BCUT2D eigenvalue weighted by atomic mass is 32.2. The van der Waals surface area contributed by atoms with Crippen molar-refractivity contribution in [1.82, 2.24) is 4.72 Å². The molecule has 1 aromatic carbocycles. The van der Waals surface area contributed by atoms with Gasteiger partial charge in [-0.25, -0.2) is 13.1 Å². The topological polar surface area (TPSA) is 127 Å². The third-order valence-electron chi connectivity index (χ3n) is 1.84. The highest BCUT2D eigenvalue weighted by molar-refractivity contribution is 7.89. The lowest BCUT2D eigenvalue weighted by Gasteiger charge is -2.05. The Morgan fingerprint density at radius 2 is 1.65 bits per heavy atom. The zero-order chi connectivity index (χ0) is 13.1. The molecule has 0 heterocycles. The average Bonchev–Trinajstić information content (AvgIpc) is 2.15. The molecule has 0 saturated carbocycles. The summed E-state index contributed by atoms with van der Waals surface area (Å²) in [5.41, 5.74) is 5.82. The summed E-state index contributed by atoms with van der Waals surface area (Å²) < 4.78 is 54.5. The summed E-state index contributed by atoms with van der Waals surface area (Å²) in [7, 11) is -7.96. The summed E-state index contributed by atoms with van der Waals surface area (Å²) in [6.45, 7) is -0.397. The summed E-state index contributed by atoms with van der Waals surface area (Å²) in [4.78, 5) is -0.0259. The standard InChI is InChI=1S/C8H12N2O5S2/c9-7-1-3-8(4-2-7)17(14,15)10-5-6-16(11,12)13/h1-4,10H,5-6,9H2,(H,11,12,13). The minimum Gasteiger partial charge on any atom is -0.399 e. The fraction of sp³-hybridized carbons (Fsp3) is 0.250. The molecule has 96 valence electrons. The van der Waals surface area contributed by atoms with Crippen LogP contribution in [0.4, 0.5) is 5.69 Å². The van der Waals surface area contributed by atoms with Crippen molar-refractivity contribution in [2.45, 2.75) is 4.90 Å². The van der Waals surface area contributed by atoms with E-state index in [0.29, 0.717) is 5.69 Å². The van der Waals surface area contributed by atoms with Crippen molar-refractivity contribution in [3.63, 3.8) is 0 Å². The van der Waals surface area contributed by atoms with E-state index in [9.17, 15) is 16.8 Å². The number of nitrogens with two attached hydrogens (primary N) is 1. The first-order valence-electron chi connectivity index (χ1n) is 4.51. The van der Waals surface area contributed by atoms with Gasteiger partial charge >= 0.3 is 0 Å². The number of rotatable bonds is 5. The number of nitrogens with one attached hydrogen (secondary N) is 1. The SMILES string of the molecule is Nc1ccc(S(=O)(=O)NCCS(=O)(=O)O)cc1. The van der Waals surface area contributed by atoms with Crippen LogP contribution in [0.3, 0.4) is 0 Å². The van der Waals surface area contributed by atoms with E-state index in [1.165, 1.54) is 24.3 Å². The minimum atomic E-state index is -4.18. The van der Waals surface area contributed by atoms with Gasteiger partial charge < -0.3 is 5.73 Å². The molecule has 1 aromatic rings. The van der Waals surface area contributed by atoms with E-state index in [1.807, 2.05) is 4.72 Å². The smallest absolute Gasteiger partial charge is 0.266 e. The predicted octanol–water partition coefficient (Wildman–Crippen LogP) is -0.565. The molecular formula is C8H12N2O5S2. The third kappa shape index (κ3) is 4.69. The molecule has 0 fully saturated rings. The number of sulfonamides is 1. The van der Waals surface area contributed by atoms with Crippen LogP contribution >= 0.6 is 0 Å². The quantitative estimate of drug-likeness (QED) is 0.490. The van der Waals surface area contributed by atoms with Crippen LogP contribution in [0.15, 0.2) is 29.2 Å². The van der Waals surface area contributed by atoms with Crippen molar-refractivity contribution in [2.24, 2.45) is 0 Å². The van der Waals surface area contributed by atoms with Crippen LogP contribution in [0.2, 0.25) is 0 Å². The maximum Gasteiger partial charge on any atom is 0.266 e. The first-order valence-corrected chi connectivity index (χ1v) is 7.60. The van der Waals surface area contributed by atoms with Gasteiger partial charge in [-0.15, -0.1) is 0 Å². The van der Waals surface area contributed by atoms with Crippen molar-refractivity contribution < 1.29 is 21.4 Å². The number of anilines is 1. The first kappa shape index (κ1) is 13.9. The van der Waals surface area contributed by atoms with Crippen LogP contribution in [0.1, 0.15) is 0 Å². The summed E-state index contributed by atoms with van der Waals surface area (Å²) >= 11 is 0. The predicted molar refractivity (Wildman–Crippen MR) is 62.5 cm³/mol. The van der Waals surface area contributed by atoms with E-state index in [2.05, 4.69) is 0 Å². The Hall–Kier alpha value is -1.16. The lowest BCUT2D eigenvalue weighted by Crippen LogP contribution is -2.29. The Kier molecular flexibility index (Phi) is 4.09. The van der Waals surface area contributed by atoms with Gasteiger partial charge in [0.05, 0.1) is 10.6 Å². The maximum atomic E-state index is 11.6. The molecule has 0 aromatic heterocycles. The molecule has 0 amide bonds. The molecule has 7 nitrogen and oxygen atoms in total. The average molecular weight is 280 g/mol. The van der Waals surface area contributed by atoms with Crippen LogP contribution in [0.25, 0.3) is 0 Å². The molecule has 0 radical (unpaired) electrons. The van der Waals surface area contributed by atoms with Gasteiger partial charge in [0.25, 0.3) is 10.1 Å². The minimum absolute atomic E-state index is 0.0259. The van der Waals surface area contributed by atoms with Gasteiger partial charge in [-0.2, -0.15) is 8.42 Å². The van der Waals surface area contributed by atoms with Gasteiger partial charge in [-0.3, -0.25) is 4.55 Å². The number of hydrogen-bond acceptors (Lipinski definition) is 5. The molecule has 0 atom stereocenters. The van der Waals surface area contributed by atoms with Gasteiger partial charge in [-0.1, -0.05) is 0 Å². The molecule has 0 aliphatic heterocycles. The Bertz CT molecular complexity index is 577. The molecule has 0 aliphatic carbocycles. The molecule has 4 N–H and O–H groups in total. The van der Waals surface area contributed by atoms with E-state index in [1.54, 1.807) is 0 Å². The van der Waals surface area contributed by atoms with Crippen molar-refractivity contribution in [3.05, 3.63) is 24.3 Å². The Balaban J connectivity index is 2.73. The molecule has 0 spiro atoms. The van der Waals surface area contributed by atoms with Crippen LogP contribution in [0, 0.1) is 0 Å². The van der Waals surface area contributed by atoms with Crippen molar-refractivity contribution in [1.29, 1.82) is 0 Å². The molecule has 17 heavy (non-hydrogen) atoms. The van der Waals surface area contributed by atoms with E-state index in [0.717, 1.165) is 0 Å². The monoisotopic (exact) mass is 280 g/mol. The lowest BCUT2D eigenvalue weighted by molar-refractivity contribution is 0.482. The second kappa shape index (κ2) is 5.00. The largest absolute Gasteiger partial charge is 0.399 e. The fourth-order valence-corrected chi connectivity index (χ4v) is 2.56. The second-order valence-corrected chi connectivity index (χ2v) is 6.59. The van der Waals surface area contributed by atoms with Gasteiger partial charge in [0.15, 0.2) is 0 Å². The van der Waals surface area contributed by atoms with E-state index in [-0.39, 0.29) is 4.90 Å². The van der Waals surface area contributed by atoms with Gasteiger partial charge in [0.1, 0.15) is 0 Å². The van der Waals surface area contributed by atoms with Crippen molar-refractivity contribution in [2.75, 3.05) is 18.0 Å². The van der Waals surface area contributed by atoms with E-state index >= 15 is 0 Å². The third-order valence-corrected chi connectivity index (χ3v) is 4.04. The number of nitrogen functional groups attached to an aromatic ring is 1. The normalized spacial score (nSPS) is 12.5. The first-order chi connectivity index (χ1) is 7.71. The Morgan fingerprint density at radius 1 is 1.12 bits per heavy atom. The van der Waals surface area contributed by atoms with Crippen molar-refractivity contribution >= 4 is 25.8 Å². The van der Waals surface area contributed by atoms with Gasteiger partial charge in [0.2, 0.25) is 10.0 Å². The summed E-state index contributed by atoms with van der Waals surface area (Å²) in [6.07, 6.45) is 0. The molecular weight excluding hydrogens is 268 g/mol. The summed E-state index contributed by atoms with van der Waals surface area (Å²) in [5.74, 6) is -0.679. The van der Waals surface area contributed by atoms with Crippen LogP contribution in [-0.4, -0.2) is 33.7 Å². The van der Waals surface area contributed by atoms with Gasteiger partial charge in [-0.05, 0) is 24.3 Å². The summed E-state index contributed by atoms with van der Waals surface area (Å²) in [6, 6.07) is 5.42. The Morgan fingerprint density at radius 3 is 2.12 bits per heavy atom. The number of hydrogen-bond donors (Lipinski definition) is 3. The van der Waals surface area contributed by atoms with E-state index in [4.69, 9.17) is 10.3 Å². The molecule has 0 bridgehead atoms. The van der Waals surface area contributed by atoms with Crippen LogP contribution in [0.5, 0.6) is 0 Å². The van der Waals surface area contributed by atoms with Crippen LogP contribution < -0.4 is 10.5 Å². The molecule has 0 unspecified atom stereocenters. The van der Waals surface area contributed by atoms with Crippen molar-refractivity contribution in [3.8, 4) is 0 Å². The Labute approximate surface area is 99.4 Å².